The smallest absolute Gasteiger partial charge is 0.337 e. The minimum absolute atomic E-state index is 0.353. The fraction of sp³-hybridized carbons (Fsp3) is 0.100. The highest BCUT2D eigenvalue weighted by atomic mass is 16.5. The Morgan fingerprint density at radius 1 is 1.31 bits per heavy atom. The largest absolute Gasteiger partial charge is 0.465 e. The Morgan fingerprint density at radius 2 is 1.77 bits per heavy atom. The molecule has 0 aromatic heterocycles. The lowest BCUT2D eigenvalue weighted by molar-refractivity contribution is 0.0601. The summed E-state index contributed by atoms with van der Waals surface area (Å²) < 4.78 is 4.54. The predicted molar refractivity (Wildman–Crippen MR) is 51.0 cm³/mol. The molecule has 0 unspecified atom stereocenters. The molecular weight excluding hydrogens is 166 g/mol. The average molecular weight is 177 g/mol. The van der Waals surface area contributed by atoms with Gasteiger partial charge in [-0.2, -0.15) is 0 Å². The van der Waals surface area contributed by atoms with Gasteiger partial charge in [-0.1, -0.05) is 18.7 Å². The molecule has 0 aliphatic rings. The van der Waals surface area contributed by atoms with Crippen LogP contribution in [0.4, 0.5) is 0 Å². The molecule has 1 aromatic rings. The Kier molecular flexibility index (Phi) is 2.69. The average Bonchev–Trinajstić information content (AvgIpc) is 2.17. The lowest BCUT2D eigenvalue weighted by atomic mass is 10.1. The Morgan fingerprint density at radius 3 is 2.15 bits per heavy atom. The van der Waals surface area contributed by atoms with Gasteiger partial charge in [0.05, 0.1) is 12.7 Å². The standard InChI is InChI=1S/C10H11NO2/c1-7(11)8-3-5-9(6-4-8)10(12)13-2/h3-6H,1,11H2,2H3. The summed E-state index contributed by atoms with van der Waals surface area (Å²) in [4.78, 5) is 11.0. The Labute approximate surface area is 76.8 Å². The summed E-state index contributed by atoms with van der Waals surface area (Å²) in [5.41, 5.74) is 7.26. The van der Waals surface area contributed by atoms with Crippen LogP contribution in [0, 0.1) is 0 Å². The highest BCUT2D eigenvalue weighted by Crippen LogP contribution is 2.09. The van der Waals surface area contributed by atoms with Gasteiger partial charge < -0.3 is 10.5 Å². The number of carbonyl (C=O) groups is 1. The number of hydrogen-bond donors (Lipinski definition) is 1. The number of carbonyl (C=O) groups excluding carboxylic acids is 1. The Hall–Kier alpha value is -1.77. The summed E-state index contributed by atoms with van der Waals surface area (Å²) in [6, 6.07) is 6.77. The van der Waals surface area contributed by atoms with Gasteiger partial charge in [-0.25, -0.2) is 4.79 Å². The molecule has 1 rings (SSSR count). The van der Waals surface area contributed by atoms with Crippen LogP contribution in [0.25, 0.3) is 5.70 Å². The molecule has 0 bridgehead atoms. The van der Waals surface area contributed by atoms with E-state index in [0.717, 1.165) is 5.56 Å². The summed E-state index contributed by atoms with van der Waals surface area (Å²) in [6.07, 6.45) is 0. The zero-order valence-corrected chi connectivity index (χ0v) is 7.41. The van der Waals surface area contributed by atoms with Crippen LogP contribution < -0.4 is 5.73 Å². The van der Waals surface area contributed by atoms with Crippen molar-refractivity contribution >= 4 is 11.7 Å². The molecule has 13 heavy (non-hydrogen) atoms. The second-order valence-corrected chi connectivity index (χ2v) is 2.59. The zero-order valence-electron chi connectivity index (χ0n) is 7.41. The van der Waals surface area contributed by atoms with Crippen molar-refractivity contribution in [1.82, 2.24) is 0 Å². The van der Waals surface area contributed by atoms with Gasteiger partial charge in [0.25, 0.3) is 0 Å². The SMILES string of the molecule is C=C(N)c1ccc(C(=O)OC)cc1. The minimum atomic E-state index is -0.353. The van der Waals surface area contributed by atoms with Gasteiger partial charge in [0, 0.05) is 5.70 Å². The van der Waals surface area contributed by atoms with Crippen molar-refractivity contribution < 1.29 is 9.53 Å². The monoisotopic (exact) mass is 177 g/mol. The van der Waals surface area contributed by atoms with Gasteiger partial charge in [-0.05, 0) is 17.7 Å². The highest BCUT2D eigenvalue weighted by molar-refractivity contribution is 5.89. The molecule has 2 N–H and O–H groups in total. The van der Waals surface area contributed by atoms with E-state index in [9.17, 15) is 4.79 Å². The van der Waals surface area contributed by atoms with Crippen molar-refractivity contribution in [2.75, 3.05) is 7.11 Å². The van der Waals surface area contributed by atoms with Crippen molar-refractivity contribution in [3.8, 4) is 0 Å². The van der Waals surface area contributed by atoms with E-state index in [-0.39, 0.29) is 5.97 Å². The van der Waals surface area contributed by atoms with Crippen molar-refractivity contribution in [3.05, 3.63) is 42.0 Å². The molecule has 1 aromatic carbocycles. The molecule has 0 aliphatic heterocycles. The fourth-order valence-corrected chi connectivity index (χ4v) is 0.938. The lowest BCUT2D eigenvalue weighted by Crippen LogP contribution is -2.01. The number of methoxy groups -OCH3 is 1. The van der Waals surface area contributed by atoms with Crippen LogP contribution in [-0.4, -0.2) is 13.1 Å². The van der Waals surface area contributed by atoms with E-state index >= 15 is 0 Å². The van der Waals surface area contributed by atoms with Crippen molar-refractivity contribution in [3.63, 3.8) is 0 Å². The number of nitrogens with two attached hydrogens (primary N) is 1. The first-order valence-corrected chi connectivity index (χ1v) is 3.78. The van der Waals surface area contributed by atoms with Gasteiger partial charge in [0.1, 0.15) is 0 Å². The molecule has 0 amide bonds. The van der Waals surface area contributed by atoms with E-state index in [1.54, 1.807) is 24.3 Å². The maximum atomic E-state index is 11.0. The third-order valence-corrected chi connectivity index (χ3v) is 1.68. The Balaban J connectivity index is 2.93. The van der Waals surface area contributed by atoms with Crippen LogP contribution in [0.3, 0.4) is 0 Å². The van der Waals surface area contributed by atoms with E-state index in [1.807, 2.05) is 0 Å². The molecular formula is C10H11NO2. The highest BCUT2D eigenvalue weighted by Gasteiger charge is 2.03. The van der Waals surface area contributed by atoms with Gasteiger partial charge in [0.2, 0.25) is 0 Å². The molecule has 3 nitrogen and oxygen atoms in total. The molecule has 0 fully saturated rings. The van der Waals surface area contributed by atoms with E-state index in [4.69, 9.17) is 5.73 Å². The molecule has 0 heterocycles. The molecule has 68 valence electrons. The molecule has 3 heteroatoms. The summed E-state index contributed by atoms with van der Waals surface area (Å²) in [6.45, 7) is 3.58. The quantitative estimate of drug-likeness (QED) is 0.695. The van der Waals surface area contributed by atoms with Gasteiger partial charge in [0.15, 0.2) is 0 Å². The van der Waals surface area contributed by atoms with Crippen LogP contribution in [0.2, 0.25) is 0 Å². The van der Waals surface area contributed by atoms with Crippen LogP contribution in [0.15, 0.2) is 30.8 Å². The number of esters is 1. The predicted octanol–water partition coefficient (Wildman–Crippen LogP) is 1.40. The topological polar surface area (TPSA) is 52.3 Å². The van der Waals surface area contributed by atoms with E-state index < -0.39 is 0 Å². The van der Waals surface area contributed by atoms with Gasteiger partial charge in [-0.3, -0.25) is 0 Å². The maximum absolute atomic E-state index is 11.0. The zero-order chi connectivity index (χ0) is 9.84. The third kappa shape index (κ3) is 2.08. The normalized spacial score (nSPS) is 9.31. The summed E-state index contributed by atoms with van der Waals surface area (Å²) in [5, 5.41) is 0. The first kappa shape index (κ1) is 9.32. The third-order valence-electron chi connectivity index (χ3n) is 1.68. The number of ether oxygens (including phenoxy) is 1. The van der Waals surface area contributed by atoms with Crippen molar-refractivity contribution in [1.29, 1.82) is 0 Å². The molecule has 0 saturated carbocycles. The second kappa shape index (κ2) is 3.76. The van der Waals surface area contributed by atoms with Crippen LogP contribution in [-0.2, 0) is 4.74 Å². The molecule has 0 spiro atoms. The van der Waals surface area contributed by atoms with Crippen molar-refractivity contribution in [2.24, 2.45) is 5.73 Å². The van der Waals surface area contributed by atoms with Crippen LogP contribution in [0.5, 0.6) is 0 Å². The molecule has 0 aliphatic carbocycles. The minimum Gasteiger partial charge on any atom is -0.465 e. The van der Waals surface area contributed by atoms with E-state index in [0.29, 0.717) is 11.3 Å². The molecule has 0 saturated heterocycles. The number of benzene rings is 1. The fourth-order valence-electron chi connectivity index (χ4n) is 0.938. The van der Waals surface area contributed by atoms with Crippen LogP contribution >= 0.6 is 0 Å². The maximum Gasteiger partial charge on any atom is 0.337 e. The summed E-state index contributed by atoms with van der Waals surface area (Å²) >= 11 is 0. The second-order valence-electron chi connectivity index (χ2n) is 2.59. The van der Waals surface area contributed by atoms with E-state index in [1.165, 1.54) is 7.11 Å². The lowest BCUT2D eigenvalue weighted by Gasteiger charge is -2.01. The summed E-state index contributed by atoms with van der Waals surface area (Å²) in [7, 11) is 1.35. The summed E-state index contributed by atoms with van der Waals surface area (Å²) in [5.74, 6) is -0.353. The van der Waals surface area contributed by atoms with Gasteiger partial charge >= 0.3 is 5.97 Å². The van der Waals surface area contributed by atoms with Crippen molar-refractivity contribution in [2.45, 2.75) is 0 Å². The Bertz CT molecular complexity index is 327. The van der Waals surface area contributed by atoms with Crippen LogP contribution in [0.1, 0.15) is 15.9 Å². The van der Waals surface area contributed by atoms with Gasteiger partial charge in [-0.15, -0.1) is 0 Å². The molecule has 0 atom stereocenters. The number of hydrogen-bond acceptors (Lipinski definition) is 3. The number of rotatable bonds is 2. The first-order chi connectivity index (χ1) is 6.15. The first-order valence-electron chi connectivity index (χ1n) is 3.78. The van der Waals surface area contributed by atoms with E-state index in [2.05, 4.69) is 11.3 Å². The molecule has 0 radical (unpaired) electrons.